The number of pyridine rings is 1. The van der Waals surface area contributed by atoms with Gasteiger partial charge in [-0.3, -0.25) is 4.98 Å². The highest BCUT2D eigenvalue weighted by molar-refractivity contribution is 5.91. The van der Waals surface area contributed by atoms with Gasteiger partial charge in [-0.2, -0.15) is 4.80 Å². The van der Waals surface area contributed by atoms with Crippen molar-refractivity contribution in [2.45, 2.75) is 33.2 Å². The number of tetrazole rings is 1. The van der Waals surface area contributed by atoms with E-state index in [9.17, 15) is 4.79 Å². The summed E-state index contributed by atoms with van der Waals surface area (Å²) in [5.74, 6) is 0.514. The average Bonchev–Trinajstić information content (AvgIpc) is 3.05. The minimum atomic E-state index is -0.261. The Morgan fingerprint density at radius 3 is 2.74 bits per heavy atom. The SMILES string of the molecule is Cc1ccc(-c2nnn(C)n2)cc1NC(=O)N[C@@H](C)Cc1ncccc1C. The molecule has 0 fully saturated rings. The fourth-order valence-electron chi connectivity index (χ4n) is 2.75. The monoisotopic (exact) mass is 365 g/mol. The van der Waals surface area contributed by atoms with E-state index in [4.69, 9.17) is 0 Å². The van der Waals surface area contributed by atoms with E-state index in [1.165, 1.54) is 4.80 Å². The first-order valence-corrected chi connectivity index (χ1v) is 8.75. The van der Waals surface area contributed by atoms with E-state index >= 15 is 0 Å². The maximum Gasteiger partial charge on any atom is 0.319 e. The van der Waals surface area contributed by atoms with Crippen LogP contribution in [0.2, 0.25) is 0 Å². The van der Waals surface area contributed by atoms with E-state index in [0.717, 1.165) is 22.4 Å². The summed E-state index contributed by atoms with van der Waals surface area (Å²) in [6, 6.07) is 9.28. The van der Waals surface area contributed by atoms with Crippen LogP contribution in [0.4, 0.5) is 10.5 Å². The van der Waals surface area contributed by atoms with Crippen LogP contribution in [-0.2, 0) is 13.5 Å². The molecule has 0 saturated heterocycles. The van der Waals surface area contributed by atoms with Gasteiger partial charge < -0.3 is 10.6 Å². The molecule has 1 aromatic carbocycles. The molecule has 0 bridgehead atoms. The molecule has 8 nitrogen and oxygen atoms in total. The fraction of sp³-hybridized carbons (Fsp3) is 0.316. The molecule has 0 saturated carbocycles. The van der Waals surface area contributed by atoms with Gasteiger partial charge in [-0.25, -0.2) is 4.79 Å². The highest BCUT2D eigenvalue weighted by Gasteiger charge is 2.13. The molecule has 3 rings (SSSR count). The van der Waals surface area contributed by atoms with Crippen molar-refractivity contribution in [3.63, 3.8) is 0 Å². The minimum absolute atomic E-state index is 0.0521. The van der Waals surface area contributed by atoms with E-state index in [2.05, 4.69) is 31.0 Å². The molecule has 8 heteroatoms. The normalized spacial score (nSPS) is 11.9. The first kappa shape index (κ1) is 18.5. The molecule has 0 aliphatic carbocycles. The zero-order valence-corrected chi connectivity index (χ0v) is 15.9. The van der Waals surface area contributed by atoms with Crippen LogP contribution >= 0.6 is 0 Å². The topological polar surface area (TPSA) is 97.6 Å². The number of nitrogens with one attached hydrogen (secondary N) is 2. The molecule has 2 heterocycles. The number of aryl methyl sites for hydroxylation is 3. The highest BCUT2D eigenvalue weighted by atomic mass is 16.2. The Morgan fingerprint density at radius 2 is 2.04 bits per heavy atom. The molecule has 0 spiro atoms. The molecule has 0 unspecified atom stereocenters. The van der Waals surface area contributed by atoms with Gasteiger partial charge in [-0.1, -0.05) is 18.2 Å². The van der Waals surface area contributed by atoms with Gasteiger partial charge in [0.15, 0.2) is 0 Å². The molecule has 2 N–H and O–H groups in total. The van der Waals surface area contributed by atoms with Crippen molar-refractivity contribution in [3.8, 4) is 11.4 Å². The van der Waals surface area contributed by atoms with Gasteiger partial charge >= 0.3 is 6.03 Å². The fourth-order valence-corrected chi connectivity index (χ4v) is 2.75. The molecule has 2 aromatic heterocycles. The molecule has 0 radical (unpaired) electrons. The van der Waals surface area contributed by atoms with Crippen LogP contribution in [0.1, 0.15) is 23.7 Å². The Hall–Kier alpha value is -3.29. The van der Waals surface area contributed by atoms with Crippen LogP contribution in [0.25, 0.3) is 11.4 Å². The van der Waals surface area contributed by atoms with Gasteiger partial charge in [-0.05, 0) is 49.2 Å². The maximum absolute atomic E-state index is 12.4. The van der Waals surface area contributed by atoms with E-state index in [1.54, 1.807) is 13.2 Å². The highest BCUT2D eigenvalue weighted by Crippen LogP contribution is 2.22. The number of anilines is 1. The number of hydrogen-bond acceptors (Lipinski definition) is 5. The van der Waals surface area contributed by atoms with E-state index in [-0.39, 0.29) is 12.1 Å². The second-order valence-corrected chi connectivity index (χ2v) is 6.60. The van der Waals surface area contributed by atoms with Gasteiger partial charge in [0.2, 0.25) is 5.82 Å². The van der Waals surface area contributed by atoms with Crippen LogP contribution in [0.15, 0.2) is 36.5 Å². The summed E-state index contributed by atoms with van der Waals surface area (Å²) in [6.07, 6.45) is 2.44. The van der Waals surface area contributed by atoms with E-state index < -0.39 is 0 Å². The number of nitrogens with zero attached hydrogens (tertiary/aromatic N) is 5. The van der Waals surface area contributed by atoms with Crippen LogP contribution in [0.5, 0.6) is 0 Å². The number of hydrogen-bond donors (Lipinski definition) is 2. The lowest BCUT2D eigenvalue weighted by Crippen LogP contribution is -2.37. The minimum Gasteiger partial charge on any atom is -0.335 e. The quantitative estimate of drug-likeness (QED) is 0.724. The molecule has 2 amide bonds. The lowest BCUT2D eigenvalue weighted by Gasteiger charge is -2.16. The zero-order chi connectivity index (χ0) is 19.4. The molecular weight excluding hydrogens is 342 g/mol. The van der Waals surface area contributed by atoms with Crippen LogP contribution in [-0.4, -0.2) is 37.3 Å². The number of aromatic nitrogens is 5. The summed E-state index contributed by atoms with van der Waals surface area (Å²) < 4.78 is 0. The number of carbonyl (C=O) groups excluding carboxylic acids is 1. The van der Waals surface area contributed by atoms with Crippen molar-refractivity contribution < 1.29 is 4.79 Å². The van der Waals surface area contributed by atoms with Gasteiger partial charge in [-0.15, -0.1) is 10.2 Å². The third-order valence-corrected chi connectivity index (χ3v) is 4.25. The Balaban J connectivity index is 1.66. The number of amides is 2. The number of benzene rings is 1. The van der Waals surface area contributed by atoms with Crippen LogP contribution < -0.4 is 10.6 Å². The summed E-state index contributed by atoms with van der Waals surface area (Å²) in [7, 11) is 1.71. The third-order valence-electron chi connectivity index (χ3n) is 4.25. The van der Waals surface area contributed by atoms with Crippen LogP contribution in [0.3, 0.4) is 0 Å². The van der Waals surface area contributed by atoms with Crippen molar-refractivity contribution in [3.05, 3.63) is 53.3 Å². The molecule has 3 aromatic rings. The summed E-state index contributed by atoms with van der Waals surface area (Å²) >= 11 is 0. The molecule has 0 aliphatic rings. The predicted molar refractivity (Wildman–Crippen MR) is 103 cm³/mol. The molecular formula is C19H23N7O. The van der Waals surface area contributed by atoms with E-state index in [1.807, 2.05) is 51.1 Å². The maximum atomic E-state index is 12.4. The second kappa shape index (κ2) is 7.94. The van der Waals surface area contributed by atoms with Crippen LogP contribution in [0, 0.1) is 13.8 Å². The Bertz CT molecular complexity index is 951. The number of rotatable bonds is 5. The van der Waals surface area contributed by atoms with Crippen molar-refractivity contribution in [1.82, 2.24) is 30.5 Å². The summed E-state index contributed by atoms with van der Waals surface area (Å²) in [4.78, 5) is 18.2. The van der Waals surface area contributed by atoms with Crippen molar-refractivity contribution in [2.24, 2.45) is 7.05 Å². The molecule has 1 atom stereocenters. The zero-order valence-electron chi connectivity index (χ0n) is 15.9. The second-order valence-electron chi connectivity index (χ2n) is 6.60. The summed E-state index contributed by atoms with van der Waals surface area (Å²) in [5, 5.41) is 17.9. The Labute approximate surface area is 158 Å². The average molecular weight is 365 g/mol. The van der Waals surface area contributed by atoms with Crippen molar-refractivity contribution >= 4 is 11.7 Å². The summed E-state index contributed by atoms with van der Waals surface area (Å²) in [6.45, 7) is 5.91. The van der Waals surface area contributed by atoms with Gasteiger partial charge in [0.05, 0.1) is 7.05 Å². The summed E-state index contributed by atoms with van der Waals surface area (Å²) in [5.41, 5.74) is 4.55. The lowest BCUT2D eigenvalue weighted by molar-refractivity contribution is 0.249. The van der Waals surface area contributed by atoms with Crippen molar-refractivity contribution in [2.75, 3.05) is 5.32 Å². The van der Waals surface area contributed by atoms with Gasteiger partial charge in [0, 0.05) is 35.6 Å². The predicted octanol–water partition coefficient (Wildman–Crippen LogP) is 2.64. The third kappa shape index (κ3) is 4.66. The molecule has 0 aliphatic heterocycles. The molecule has 27 heavy (non-hydrogen) atoms. The first-order chi connectivity index (χ1) is 12.9. The van der Waals surface area contributed by atoms with Gasteiger partial charge in [0.25, 0.3) is 0 Å². The lowest BCUT2D eigenvalue weighted by atomic mass is 10.1. The number of urea groups is 1. The number of carbonyl (C=O) groups is 1. The van der Waals surface area contributed by atoms with Gasteiger partial charge in [0.1, 0.15) is 0 Å². The molecule has 140 valence electrons. The van der Waals surface area contributed by atoms with Crippen molar-refractivity contribution in [1.29, 1.82) is 0 Å². The Morgan fingerprint density at radius 1 is 1.22 bits per heavy atom. The van der Waals surface area contributed by atoms with E-state index in [0.29, 0.717) is 17.9 Å². The largest absolute Gasteiger partial charge is 0.335 e. The standard InChI is InChI=1S/C19H23N7O/c1-12-6-5-9-20-16(12)10-14(3)21-19(27)22-17-11-15(8-7-13(17)2)18-23-25-26(4)24-18/h5-9,11,14H,10H2,1-4H3,(H2,21,22,27)/t14-/m0/s1. The Kier molecular flexibility index (Phi) is 5.44. The smallest absolute Gasteiger partial charge is 0.319 e. The first-order valence-electron chi connectivity index (χ1n) is 8.75.